The lowest BCUT2D eigenvalue weighted by Crippen LogP contribution is -2.50. The molecule has 18 heavy (non-hydrogen) atoms. The van der Waals surface area contributed by atoms with Gasteiger partial charge in [0.1, 0.15) is 5.54 Å². The number of hydrogen-bond donors (Lipinski definition) is 2. The second kappa shape index (κ2) is 6.29. The molecule has 1 atom stereocenters. The lowest BCUT2D eigenvalue weighted by molar-refractivity contribution is -0.144. The first kappa shape index (κ1) is 14.2. The molecule has 2 rings (SSSR count). The predicted octanol–water partition coefficient (Wildman–Crippen LogP) is 3.04. The monoisotopic (exact) mass is 271 g/mol. The molecule has 2 aliphatic carbocycles. The smallest absolute Gasteiger partial charge is 0.323 e. The molecule has 0 aromatic heterocycles. The molecule has 0 aliphatic heterocycles. The van der Waals surface area contributed by atoms with Gasteiger partial charge in [-0.1, -0.05) is 12.8 Å². The van der Waals surface area contributed by atoms with Crippen molar-refractivity contribution in [2.75, 3.05) is 5.75 Å². The Bertz CT molecular complexity index is 288. The van der Waals surface area contributed by atoms with E-state index in [0.717, 1.165) is 36.7 Å². The molecule has 0 amide bonds. The van der Waals surface area contributed by atoms with Gasteiger partial charge in [0.15, 0.2) is 0 Å². The number of thioether (sulfide) groups is 1. The van der Waals surface area contributed by atoms with Crippen LogP contribution in [-0.2, 0) is 4.79 Å². The third kappa shape index (κ3) is 4.16. The number of carboxylic acid groups (broad SMARTS) is 1. The van der Waals surface area contributed by atoms with Gasteiger partial charge in [-0.3, -0.25) is 10.1 Å². The van der Waals surface area contributed by atoms with E-state index in [-0.39, 0.29) is 0 Å². The first-order chi connectivity index (χ1) is 8.60. The maximum absolute atomic E-state index is 11.4. The molecule has 0 aromatic carbocycles. The van der Waals surface area contributed by atoms with Crippen molar-refractivity contribution < 1.29 is 9.90 Å². The second-order valence-corrected chi connectivity index (χ2v) is 7.34. The lowest BCUT2D eigenvalue weighted by Gasteiger charge is -2.26. The summed E-state index contributed by atoms with van der Waals surface area (Å²) in [7, 11) is 0. The number of rotatable bonds is 8. The highest BCUT2D eigenvalue weighted by Crippen LogP contribution is 2.31. The minimum Gasteiger partial charge on any atom is -0.480 e. The van der Waals surface area contributed by atoms with Crippen molar-refractivity contribution in [1.29, 1.82) is 0 Å². The SMILES string of the molecule is CC(CCCSC1CCCC1)(NC1CC1)C(=O)O. The van der Waals surface area contributed by atoms with E-state index < -0.39 is 11.5 Å². The quantitative estimate of drug-likeness (QED) is 0.666. The Balaban J connectivity index is 1.66. The highest BCUT2D eigenvalue weighted by Gasteiger charge is 2.37. The second-order valence-electron chi connectivity index (χ2n) is 5.94. The van der Waals surface area contributed by atoms with E-state index in [0.29, 0.717) is 6.04 Å². The topological polar surface area (TPSA) is 49.3 Å². The largest absolute Gasteiger partial charge is 0.480 e. The fourth-order valence-corrected chi connectivity index (χ4v) is 3.96. The summed E-state index contributed by atoms with van der Waals surface area (Å²) in [6.07, 6.45) is 9.52. The van der Waals surface area contributed by atoms with E-state index in [9.17, 15) is 9.90 Å². The van der Waals surface area contributed by atoms with Crippen LogP contribution >= 0.6 is 11.8 Å². The summed E-state index contributed by atoms with van der Waals surface area (Å²) in [6.45, 7) is 1.84. The minimum atomic E-state index is -0.711. The maximum atomic E-state index is 11.4. The van der Waals surface area contributed by atoms with E-state index in [1.54, 1.807) is 0 Å². The summed E-state index contributed by atoms with van der Waals surface area (Å²) >= 11 is 2.05. The zero-order chi connectivity index (χ0) is 13.0. The third-order valence-corrected chi connectivity index (χ3v) is 5.52. The number of carboxylic acids is 1. The standard InChI is InChI=1S/C14H25NO2S/c1-14(13(16)17,15-11-7-8-11)9-4-10-18-12-5-2-3-6-12/h11-12,15H,2-10H2,1H3,(H,16,17). The summed E-state index contributed by atoms with van der Waals surface area (Å²) in [6, 6.07) is 0.452. The summed E-state index contributed by atoms with van der Waals surface area (Å²) in [4.78, 5) is 11.4. The average Bonchev–Trinajstić information content (AvgIpc) is 2.97. The van der Waals surface area contributed by atoms with Crippen molar-refractivity contribution in [3.8, 4) is 0 Å². The van der Waals surface area contributed by atoms with Crippen molar-refractivity contribution in [1.82, 2.24) is 5.32 Å². The number of hydrogen-bond acceptors (Lipinski definition) is 3. The fraction of sp³-hybridized carbons (Fsp3) is 0.929. The van der Waals surface area contributed by atoms with Crippen LogP contribution in [0.1, 0.15) is 58.3 Å². The van der Waals surface area contributed by atoms with E-state index in [1.165, 1.54) is 25.7 Å². The number of carbonyl (C=O) groups is 1. The molecule has 3 nitrogen and oxygen atoms in total. The van der Waals surface area contributed by atoms with Gasteiger partial charge in [0.05, 0.1) is 0 Å². The molecule has 0 spiro atoms. The van der Waals surface area contributed by atoms with Gasteiger partial charge in [-0.05, 0) is 51.2 Å². The van der Waals surface area contributed by atoms with Crippen LogP contribution in [0.3, 0.4) is 0 Å². The van der Waals surface area contributed by atoms with Gasteiger partial charge in [-0.25, -0.2) is 0 Å². The molecule has 0 saturated heterocycles. The Labute approximate surface area is 114 Å². The molecule has 0 bridgehead atoms. The van der Waals surface area contributed by atoms with Gasteiger partial charge < -0.3 is 5.11 Å². The zero-order valence-electron chi connectivity index (χ0n) is 11.3. The summed E-state index contributed by atoms with van der Waals surface area (Å²) in [5.41, 5.74) is -0.711. The fourth-order valence-electron chi connectivity index (χ4n) is 2.65. The van der Waals surface area contributed by atoms with E-state index in [1.807, 2.05) is 6.92 Å². The third-order valence-electron chi connectivity index (χ3n) is 4.05. The van der Waals surface area contributed by atoms with Gasteiger partial charge in [-0.2, -0.15) is 11.8 Å². The van der Waals surface area contributed by atoms with Crippen molar-refractivity contribution in [3.63, 3.8) is 0 Å². The highest BCUT2D eigenvalue weighted by atomic mass is 32.2. The van der Waals surface area contributed by atoms with Crippen molar-refractivity contribution in [3.05, 3.63) is 0 Å². The first-order valence-corrected chi connectivity index (χ1v) is 8.28. The Morgan fingerprint density at radius 3 is 2.56 bits per heavy atom. The van der Waals surface area contributed by atoms with Gasteiger partial charge in [0, 0.05) is 11.3 Å². The summed E-state index contributed by atoms with van der Waals surface area (Å²) < 4.78 is 0. The van der Waals surface area contributed by atoms with Crippen LogP contribution in [0.4, 0.5) is 0 Å². The van der Waals surface area contributed by atoms with Crippen LogP contribution in [0, 0.1) is 0 Å². The molecule has 0 aromatic rings. The summed E-state index contributed by atoms with van der Waals surface area (Å²) in [5, 5.41) is 13.5. The molecule has 0 heterocycles. The highest BCUT2D eigenvalue weighted by molar-refractivity contribution is 7.99. The van der Waals surface area contributed by atoms with Gasteiger partial charge in [0.25, 0.3) is 0 Å². The number of nitrogens with one attached hydrogen (secondary N) is 1. The molecular formula is C14H25NO2S. The van der Waals surface area contributed by atoms with Crippen LogP contribution < -0.4 is 5.32 Å². The molecule has 4 heteroatoms. The van der Waals surface area contributed by atoms with Gasteiger partial charge in [0.2, 0.25) is 0 Å². The maximum Gasteiger partial charge on any atom is 0.323 e. The van der Waals surface area contributed by atoms with E-state index >= 15 is 0 Å². The molecule has 104 valence electrons. The van der Waals surface area contributed by atoms with E-state index in [4.69, 9.17) is 0 Å². The lowest BCUT2D eigenvalue weighted by atomic mass is 9.96. The molecular weight excluding hydrogens is 246 g/mol. The van der Waals surface area contributed by atoms with Crippen LogP contribution in [0.5, 0.6) is 0 Å². The Morgan fingerprint density at radius 2 is 2.00 bits per heavy atom. The van der Waals surface area contributed by atoms with E-state index in [2.05, 4.69) is 17.1 Å². The molecule has 1 unspecified atom stereocenters. The predicted molar refractivity (Wildman–Crippen MR) is 76.1 cm³/mol. The Hall–Kier alpha value is -0.220. The molecule has 2 fully saturated rings. The molecule has 0 radical (unpaired) electrons. The van der Waals surface area contributed by atoms with Crippen LogP contribution in [0.2, 0.25) is 0 Å². The van der Waals surface area contributed by atoms with Crippen molar-refractivity contribution in [2.45, 2.75) is 75.1 Å². The van der Waals surface area contributed by atoms with Gasteiger partial charge in [-0.15, -0.1) is 0 Å². The Kier molecular flexibility index (Phi) is 4.96. The van der Waals surface area contributed by atoms with Crippen molar-refractivity contribution >= 4 is 17.7 Å². The van der Waals surface area contributed by atoms with Crippen molar-refractivity contribution in [2.24, 2.45) is 0 Å². The Morgan fingerprint density at radius 1 is 1.33 bits per heavy atom. The molecule has 2 N–H and O–H groups in total. The average molecular weight is 271 g/mol. The molecule has 2 saturated carbocycles. The van der Waals surface area contributed by atoms with Crippen LogP contribution in [0.15, 0.2) is 0 Å². The minimum absolute atomic E-state index is 0.452. The first-order valence-electron chi connectivity index (χ1n) is 7.23. The molecule has 2 aliphatic rings. The normalized spacial score (nSPS) is 24.1. The number of aliphatic carboxylic acids is 1. The zero-order valence-corrected chi connectivity index (χ0v) is 12.1. The summed E-state index contributed by atoms with van der Waals surface area (Å²) in [5.74, 6) is 0.417. The van der Waals surface area contributed by atoms with Crippen LogP contribution in [0.25, 0.3) is 0 Å². The van der Waals surface area contributed by atoms with Gasteiger partial charge >= 0.3 is 5.97 Å². The van der Waals surface area contributed by atoms with Crippen LogP contribution in [-0.4, -0.2) is 33.7 Å².